The summed E-state index contributed by atoms with van der Waals surface area (Å²) < 4.78 is 0. The molecule has 0 unspecified atom stereocenters. The van der Waals surface area contributed by atoms with Crippen LogP contribution in [-0.2, 0) is 0 Å². The van der Waals surface area contributed by atoms with E-state index in [-0.39, 0.29) is 11.5 Å². The lowest BCUT2D eigenvalue weighted by Crippen LogP contribution is -2.20. The minimum absolute atomic E-state index is 0.0724. The molecular formula is C13H15NO2. The van der Waals surface area contributed by atoms with E-state index in [1.165, 1.54) is 0 Å². The Kier molecular flexibility index (Phi) is 2.26. The smallest absolute Gasteiger partial charge is 0.184 e. The largest absolute Gasteiger partial charge is 0.508 e. The third-order valence-electron chi connectivity index (χ3n) is 2.53. The third kappa shape index (κ3) is 1.81. The Hall–Kier alpha value is -1.77. The van der Waals surface area contributed by atoms with E-state index in [1.54, 1.807) is 24.3 Å². The van der Waals surface area contributed by atoms with Crippen LogP contribution in [0, 0.1) is 5.41 Å². The number of H-pyrrole nitrogens is 1. The van der Waals surface area contributed by atoms with Gasteiger partial charge >= 0.3 is 0 Å². The highest BCUT2D eigenvalue weighted by Gasteiger charge is 2.24. The summed E-state index contributed by atoms with van der Waals surface area (Å²) in [5, 5.41) is 10.2. The van der Waals surface area contributed by atoms with Crippen LogP contribution in [0.4, 0.5) is 0 Å². The molecule has 0 bridgehead atoms. The number of aromatic nitrogens is 1. The molecule has 0 saturated carbocycles. The molecule has 0 aliphatic heterocycles. The van der Waals surface area contributed by atoms with Crippen molar-refractivity contribution in [3.63, 3.8) is 0 Å². The van der Waals surface area contributed by atoms with Gasteiger partial charge in [0.1, 0.15) is 5.75 Å². The molecular weight excluding hydrogens is 202 g/mol. The van der Waals surface area contributed by atoms with Gasteiger partial charge in [0, 0.05) is 16.3 Å². The van der Waals surface area contributed by atoms with E-state index in [9.17, 15) is 9.90 Å². The summed E-state index contributed by atoms with van der Waals surface area (Å²) in [5.41, 5.74) is 1.06. The van der Waals surface area contributed by atoms with E-state index in [1.807, 2.05) is 20.8 Å². The fraction of sp³-hybridized carbons (Fsp3) is 0.308. The predicted molar refractivity (Wildman–Crippen MR) is 63.7 cm³/mol. The molecule has 1 heterocycles. The summed E-state index contributed by atoms with van der Waals surface area (Å²) >= 11 is 0. The molecule has 3 heteroatoms. The first kappa shape index (κ1) is 10.7. The van der Waals surface area contributed by atoms with Gasteiger partial charge in [0.15, 0.2) is 5.78 Å². The van der Waals surface area contributed by atoms with E-state index in [4.69, 9.17) is 0 Å². The van der Waals surface area contributed by atoms with Crippen LogP contribution in [0.5, 0.6) is 5.75 Å². The second kappa shape index (κ2) is 3.37. The summed E-state index contributed by atoms with van der Waals surface area (Å²) in [6.45, 7) is 5.66. The molecule has 0 spiro atoms. The molecule has 1 aromatic carbocycles. The highest BCUT2D eigenvalue weighted by Crippen LogP contribution is 2.25. The minimum Gasteiger partial charge on any atom is -0.508 e. The number of ketones is 1. The van der Waals surface area contributed by atoms with Crippen molar-refractivity contribution in [3.8, 4) is 5.75 Å². The number of aromatic amines is 1. The zero-order valence-electron chi connectivity index (χ0n) is 9.66. The Morgan fingerprint density at radius 2 is 1.94 bits per heavy atom. The topological polar surface area (TPSA) is 53.1 Å². The molecule has 2 aromatic rings. The molecule has 0 saturated heterocycles. The van der Waals surface area contributed by atoms with Gasteiger partial charge in [-0.3, -0.25) is 4.79 Å². The second-order valence-electron chi connectivity index (χ2n) is 5.03. The Morgan fingerprint density at radius 1 is 1.25 bits per heavy atom. The SMILES string of the molecule is CC(C)(C)C(=O)c1cc2cc(O)ccc2[nH]1. The quantitative estimate of drug-likeness (QED) is 0.721. The van der Waals surface area contributed by atoms with Crippen molar-refractivity contribution >= 4 is 16.7 Å². The molecule has 0 aliphatic carbocycles. The number of benzene rings is 1. The average Bonchev–Trinajstić information content (AvgIpc) is 2.57. The zero-order chi connectivity index (χ0) is 11.9. The van der Waals surface area contributed by atoms with Crippen molar-refractivity contribution in [1.29, 1.82) is 0 Å². The van der Waals surface area contributed by atoms with Crippen molar-refractivity contribution < 1.29 is 9.90 Å². The number of rotatable bonds is 1. The van der Waals surface area contributed by atoms with Gasteiger partial charge in [-0.05, 0) is 24.3 Å². The van der Waals surface area contributed by atoms with Crippen LogP contribution in [0.1, 0.15) is 31.3 Å². The fourth-order valence-electron chi connectivity index (χ4n) is 1.65. The Bertz CT molecular complexity index is 547. The first-order valence-corrected chi connectivity index (χ1v) is 5.24. The molecule has 3 nitrogen and oxygen atoms in total. The number of carbonyl (C=O) groups is 1. The van der Waals surface area contributed by atoms with Crippen LogP contribution < -0.4 is 0 Å². The van der Waals surface area contributed by atoms with E-state index < -0.39 is 5.41 Å². The van der Waals surface area contributed by atoms with Gasteiger partial charge < -0.3 is 10.1 Å². The summed E-state index contributed by atoms with van der Waals surface area (Å²) in [6.07, 6.45) is 0. The first-order chi connectivity index (χ1) is 7.38. The Morgan fingerprint density at radius 3 is 2.56 bits per heavy atom. The summed E-state index contributed by atoms with van der Waals surface area (Å²) in [4.78, 5) is 15.1. The Labute approximate surface area is 94.1 Å². The maximum atomic E-state index is 12.0. The predicted octanol–water partition coefficient (Wildman–Crippen LogP) is 3.10. The fourth-order valence-corrected chi connectivity index (χ4v) is 1.65. The number of aromatic hydroxyl groups is 1. The van der Waals surface area contributed by atoms with Crippen LogP contribution >= 0.6 is 0 Å². The third-order valence-corrected chi connectivity index (χ3v) is 2.53. The second-order valence-corrected chi connectivity index (χ2v) is 5.03. The zero-order valence-corrected chi connectivity index (χ0v) is 9.66. The molecule has 2 rings (SSSR count). The molecule has 0 fully saturated rings. The highest BCUT2D eigenvalue weighted by molar-refractivity contribution is 6.02. The van der Waals surface area contributed by atoms with Gasteiger partial charge in [-0.25, -0.2) is 0 Å². The number of hydrogen-bond acceptors (Lipinski definition) is 2. The summed E-state index contributed by atoms with van der Waals surface area (Å²) in [6, 6.07) is 6.79. The van der Waals surface area contributed by atoms with Gasteiger partial charge in [0.25, 0.3) is 0 Å². The maximum absolute atomic E-state index is 12.0. The number of hydrogen-bond donors (Lipinski definition) is 2. The molecule has 1 aromatic heterocycles. The number of fused-ring (bicyclic) bond motifs is 1. The van der Waals surface area contributed by atoms with Crippen molar-refractivity contribution in [2.24, 2.45) is 5.41 Å². The minimum atomic E-state index is -0.400. The van der Waals surface area contributed by atoms with E-state index in [0.717, 1.165) is 10.9 Å². The van der Waals surface area contributed by atoms with Crippen LogP contribution in [-0.4, -0.2) is 15.9 Å². The number of phenolic OH excluding ortho intramolecular Hbond substituents is 1. The lowest BCUT2D eigenvalue weighted by Gasteiger charge is -2.14. The molecule has 0 amide bonds. The normalized spacial score (nSPS) is 11.9. The van der Waals surface area contributed by atoms with E-state index in [0.29, 0.717) is 5.69 Å². The monoisotopic (exact) mass is 217 g/mol. The molecule has 0 aliphatic rings. The molecule has 84 valence electrons. The van der Waals surface area contributed by atoms with Crippen LogP contribution in [0.3, 0.4) is 0 Å². The molecule has 2 N–H and O–H groups in total. The molecule has 0 radical (unpaired) electrons. The van der Waals surface area contributed by atoms with Gasteiger partial charge in [-0.1, -0.05) is 20.8 Å². The van der Waals surface area contributed by atoms with Crippen LogP contribution in [0.2, 0.25) is 0 Å². The van der Waals surface area contributed by atoms with Crippen molar-refractivity contribution in [2.45, 2.75) is 20.8 Å². The standard InChI is InChI=1S/C13H15NO2/c1-13(2,3)12(16)11-7-8-6-9(15)4-5-10(8)14-11/h4-7,14-15H,1-3H3. The van der Waals surface area contributed by atoms with E-state index >= 15 is 0 Å². The van der Waals surface area contributed by atoms with Crippen molar-refractivity contribution in [1.82, 2.24) is 4.98 Å². The van der Waals surface area contributed by atoms with Gasteiger partial charge in [-0.15, -0.1) is 0 Å². The molecule has 0 atom stereocenters. The maximum Gasteiger partial charge on any atom is 0.184 e. The number of nitrogens with one attached hydrogen (secondary N) is 1. The number of Topliss-reactive ketones (excluding diaryl/α,β-unsaturated/α-hetero) is 1. The van der Waals surface area contributed by atoms with Crippen molar-refractivity contribution in [3.05, 3.63) is 30.0 Å². The van der Waals surface area contributed by atoms with Gasteiger partial charge in [0.2, 0.25) is 0 Å². The van der Waals surface area contributed by atoms with Crippen LogP contribution in [0.15, 0.2) is 24.3 Å². The number of carbonyl (C=O) groups excluding carboxylic acids is 1. The summed E-state index contributed by atoms with van der Waals surface area (Å²) in [5.74, 6) is 0.282. The Balaban J connectivity index is 2.52. The number of phenols is 1. The van der Waals surface area contributed by atoms with Crippen LogP contribution in [0.25, 0.3) is 10.9 Å². The first-order valence-electron chi connectivity index (χ1n) is 5.24. The van der Waals surface area contributed by atoms with Crippen molar-refractivity contribution in [2.75, 3.05) is 0 Å². The van der Waals surface area contributed by atoms with Gasteiger partial charge in [0.05, 0.1) is 5.69 Å². The lowest BCUT2D eigenvalue weighted by atomic mass is 9.89. The highest BCUT2D eigenvalue weighted by atomic mass is 16.3. The van der Waals surface area contributed by atoms with E-state index in [2.05, 4.69) is 4.98 Å². The molecule has 16 heavy (non-hydrogen) atoms. The summed E-state index contributed by atoms with van der Waals surface area (Å²) in [7, 11) is 0. The average molecular weight is 217 g/mol. The lowest BCUT2D eigenvalue weighted by molar-refractivity contribution is 0.0854. The van der Waals surface area contributed by atoms with Gasteiger partial charge in [-0.2, -0.15) is 0 Å².